The van der Waals surface area contributed by atoms with E-state index in [0.29, 0.717) is 5.56 Å². The quantitative estimate of drug-likeness (QED) is 0.827. The van der Waals surface area contributed by atoms with Crippen molar-refractivity contribution in [3.63, 3.8) is 0 Å². The smallest absolute Gasteiger partial charge is 0.335 e. The van der Waals surface area contributed by atoms with Gasteiger partial charge in [-0.1, -0.05) is 30.9 Å². The minimum absolute atomic E-state index is 0.318. The van der Waals surface area contributed by atoms with Gasteiger partial charge in [0.25, 0.3) is 0 Å². The van der Waals surface area contributed by atoms with E-state index < -0.39 is 5.97 Å². The average molecular weight is 212 g/mol. The first kappa shape index (κ1) is 10.4. The Morgan fingerprint density at radius 2 is 2.06 bits per heavy atom. The first-order valence-electron chi connectivity index (χ1n) is 5.02. The number of aryl methyl sites for hydroxylation is 1. The Hall–Kier alpha value is -2.09. The van der Waals surface area contributed by atoms with Gasteiger partial charge >= 0.3 is 5.97 Å². The molecule has 1 N–H and O–H groups in total. The van der Waals surface area contributed by atoms with E-state index in [-0.39, 0.29) is 0 Å². The lowest BCUT2D eigenvalue weighted by Gasteiger charge is -2.06. The van der Waals surface area contributed by atoms with Gasteiger partial charge in [0.05, 0.1) is 5.56 Å². The summed E-state index contributed by atoms with van der Waals surface area (Å²) in [6.45, 7) is 5.76. The molecule has 0 aliphatic heterocycles. The van der Waals surface area contributed by atoms with Gasteiger partial charge in [-0.15, -0.1) is 0 Å². The Morgan fingerprint density at radius 3 is 2.69 bits per heavy atom. The van der Waals surface area contributed by atoms with Crippen molar-refractivity contribution < 1.29 is 9.90 Å². The molecule has 0 atom stereocenters. The summed E-state index contributed by atoms with van der Waals surface area (Å²) in [5.41, 5.74) is 2.53. The lowest BCUT2D eigenvalue weighted by atomic mass is 9.98. The van der Waals surface area contributed by atoms with Gasteiger partial charge in [0, 0.05) is 0 Å². The van der Waals surface area contributed by atoms with Gasteiger partial charge in [0.1, 0.15) is 0 Å². The second-order valence-corrected chi connectivity index (χ2v) is 3.72. The molecular formula is C14H12O2. The monoisotopic (exact) mass is 212 g/mol. The molecule has 0 aromatic heterocycles. The molecular weight excluding hydrogens is 200 g/mol. The van der Waals surface area contributed by atoms with Crippen molar-refractivity contribution in [2.45, 2.75) is 6.92 Å². The van der Waals surface area contributed by atoms with Gasteiger partial charge < -0.3 is 5.11 Å². The Bertz CT molecular complexity index is 583. The van der Waals surface area contributed by atoms with Crippen molar-refractivity contribution in [3.05, 3.63) is 53.6 Å². The number of aromatic carboxylic acids is 1. The lowest BCUT2D eigenvalue weighted by Crippen LogP contribution is -1.95. The highest BCUT2D eigenvalue weighted by atomic mass is 16.4. The summed E-state index contributed by atoms with van der Waals surface area (Å²) in [6.07, 6.45) is 1.81. The molecule has 0 aliphatic carbocycles. The zero-order valence-electron chi connectivity index (χ0n) is 9.03. The molecule has 80 valence electrons. The summed E-state index contributed by atoms with van der Waals surface area (Å²) in [5, 5.41) is 10.9. The largest absolute Gasteiger partial charge is 0.478 e. The third-order valence-electron chi connectivity index (χ3n) is 2.80. The van der Waals surface area contributed by atoms with Crippen molar-refractivity contribution in [1.29, 1.82) is 0 Å². The second kappa shape index (κ2) is 3.81. The molecule has 2 heteroatoms. The Labute approximate surface area is 93.8 Å². The summed E-state index contributed by atoms with van der Waals surface area (Å²) in [7, 11) is 0. The van der Waals surface area contributed by atoms with E-state index in [2.05, 4.69) is 6.58 Å². The fourth-order valence-electron chi connectivity index (χ4n) is 1.86. The molecule has 2 aromatic carbocycles. The molecule has 0 radical (unpaired) electrons. The van der Waals surface area contributed by atoms with E-state index in [1.807, 2.05) is 25.1 Å². The zero-order valence-corrected chi connectivity index (χ0v) is 9.03. The summed E-state index contributed by atoms with van der Waals surface area (Å²) < 4.78 is 0. The molecule has 0 fully saturated rings. The first-order chi connectivity index (χ1) is 7.63. The van der Waals surface area contributed by atoms with Crippen LogP contribution in [0.25, 0.3) is 16.8 Å². The molecule has 0 unspecified atom stereocenters. The van der Waals surface area contributed by atoms with Crippen molar-refractivity contribution in [3.8, 4) is 0 Å². The second-order valence-electron chi connectivity index (χ2n) is 3.72. The van der Waals surface area contributed by atoms with Crippen LogP contribution in [0.15, 0.2) is 36.9 Å². The molecule has 0 saturated carbocycles. The number of hydrogen-bond acceptors (Lipinski definition) is 1. The van der Waals surface area contributed by atoms with Gasteiger partial charge in [-0.05, 0) is 41.0 Å². The fourth-order valence-corrected chi connectivity index (χ4v) is 1.86. The van der Waals surface area contributed by atoms with Crippen LogP contribution in [0.2, 0.25) is 0 Å². The lowest BCUT2D eigenvalue weighted by molar-refractivity contribution is 0.0697. The number of carboxylic acid groups (broad SMARTS) is 1. The van der Waals surface area contributed by atoms with Crippen molar-refractivity contribution in [2.24, 2.45) is 0 Å². The maximum Gasteiger partial charge on any atom is 0.335 e. The van der Waals surface area contributed by atoms with Crippen LogP contribution in [-0.4, -0.2) is 11.1 Å². The molecule has 16 heavy (non-hydrogen) atoms. The molecule has 2 rings (SSSR count). The number of carboxylic acids is 1. The van der Waals surface area contributed by atoms with E-state index >= 15 is 0 Å². The highest BCUT2D eigenvalue weighted by molar-refractivity contribution is 5.96. The summed E-state index contributed by atoms with van der Waals surface area (Å²) in [6, 6.07) is 9.05. The highest BCUT2D eigenvalue weighted by Crippen LogP contribution is 2.23. The predicted octanol–water partition coefficient (Wildman–Crippen LogP) is 3.49. The van der Waals surface area contributed by atoms with E-state index in [4.69, 9.17) is 5.11 Å². The van der Waals surface area contributed by atoms with Crippen LogP contribution in [0.4, 0.5) is 0 Å². The van der Waals surface area contributed by atoms with E-state index in [9.17, 15) is 4.79 Å². The summed E-state index contributed by atoms with van der Waals surface area (Å²) >= 11 is 0. The highest BCUT2D eigenvalue weighted by Gasteiger charge is 2.06. The molecule has 0 bridgehead atoms. The number of carbonyl (C=O) groups is 1. The molecule has 2 nitrogen and oxygen atoms in total. The van der Waals surface area contributed by atoms with Crippen LogP contribution in [0.5, 0.6) is 0 Å². The molecule has 2 aromatic rings. The van der Waals surface area contributed by atoms with Crippen molar-refractivity contribution in [2.75, 3.05) is 0 Å². The third kappa shape index (κ3) is 1.58. The van der Waals surface area contributed by atoms with E-state index in [0.717, 1.165) is 21.9 Å². The standard InChI is InChI=1S/C14H12O2/c1-3-10-4-5-11-8-12(14(15)16)6-7-13(11)9(10)2/h3-8H,1H2,2H3,(H,15,16). The van der Waals surface area contributed by atoms with E-state index in [1.165, 1.54) is 0 Å². The minimum Gasteiger partial charge on any atom is -0.478 e. The minimum atomic E-state index is -0.896. The first-order valence-corrected chi connectivity index (χ1v) is 5.02. The van der Waals surface area contributed by atoms with Gasteiger partial charge in [0.15, 0.2) is 0 Å². The maximum atomic E-state index is 10.8. The fraction of sp³-hybridized carbons (Fsp3) is 0.0714. The topological polar surface area (TPSA) is 37.3 Å². The normalized spacial score (nSPS) is 10.3. The summed E-state index contributed by atoms with van der Waals surface area (Å²) in [5.74, 6) is -0.896. The zero-order chi connectivity index (χ0) is 11.7. The van der Waals surface area contributed by atoms with Crippen LogP contribution in [0.1, 0.15) is 21.5 Å². The number of hydrogen-bond donors (Lipinski definition) is 1. The Morgan fingerprint density at radius 1 is 1.31 bits per heavy atom. The third-order valence-corrected chi connectivity index (χ3v) is 2.80. The van der Waals surface area contributed by atoms with E-state index in [1.54, 1.807) is 18.2 Å². The molecule has 0 heterocycles. The van der Waals surface area contributed by atoms with Crippen LogP contribution in [0, 0.1) is 6.92 Å². The van der Waals surface area contributed by atoms with Gasteiger partial charge in [-0.3, -0.25) is 0 Å². The van der Waals surface area contributed by atoms with Gasteiger partial charge in [-0.2, -0.15) is 0 Å². The van der Waals surface area contributed by atoms with Crippen LogP contribution in [0.3, 0.4) is 0 Å². The Kier molecular flexibility index (Phi) is 2.49. The average Bonchev–Trinajstić information content (AvgIpc) is 2.29. The van der Waals surface area contributed by atoms with Crippen LogP contribution < -0.4 is 0 Å². The Balaban J connectivity index is 2.74. The van der Waals surface area contributed by atoms with Gasteiger partial charge in [-0.25, -0.2) is 4.79 Å². The van der Waals surface area contributed by atoms with Crippen LogP contribution >= 0.6 is 0 Å². The predicted molar refractivity (Wildman–Crippen MR) is 65.7 cm³/mol. The van der Waals surface area contributed by atoms with Gasteiger partial charge in [0.2, 0.25) is 0 Å². The molecule has 0 aliphatic rings. The summed E-state index contributed by atoms with van der Waals surface area (Å²) in [4.78, 5) is 10.8. The molecule has 0 spiro atoms. The molecule has 0 saturated heterocycles. The van der Waals surface area contributed by atoms with Crippen LogP contribution in [-0.2, 0) is 0 Å². The SMILES string of the molecule is C=Cc1ccc2cc(C(=O)O)ccc2c1C. The van der Waals surface area contributed by atoms with Crippen molar-refractivity contribution >= 4 is 22.8 Å². The number of fused-ring (bicyclic) bond motifs is 1. The number of rotatable bonds is 2. The number of benzene rings is 2. The molecule has 0 amide bonds. The maximum absolute atomic E-state index is 10.8. The van der Waals surface area contributed by atoms with Crippen molar-refractivity contribution in [1.82, 2.24) is 0 Å².